The number of nitrogen functional groups attached to an aromatic ring is 1. The Balaban J connectivity index is 2.21. The van der Waals surface area contributed by atoms with Crippen LogP contribution >= 0.6 is 0 Å². The molecule has 1 aliphatic heterocycles. The molecule has 1 fully saturated rings. The van der Waals surface area contributed by atoms with Gasteiger partial charge in [0, 0.05) is 25.8 Å². The van der Waals surface area contributed by atoms with E-state index < -0.39 is 0 Å². The van der Waals surface area contributed by atoms with Crippen LogP contribution in [0, 0.1) is 5.92 Å². The van der Waals surface area contributed by atoms with Gasteiger partial charge in [0.05, 0.1) is 24.9 Å². The minimum atomic E-state index is -0.196. The largest absolute Gasteiger partial charge is 0.469 e. The lowest BCUT2D eigenvalue weighted by Gasteiger charge is -2.38. The monoisotopic (exact) mass is 348 g/mol. The second kappa shape index (κ2) is 9.09. The highest BCUT2D eigenvalue weighted by Gasteiger charge is 2.24. The van der Waals surface area contributed by atoms with E-state index in [0.29, 0.717) is 18.4 Å². The maximum absolute atomic E-state index is 11.5. The van der Waals surface area contributed by atoms with E-state index in [-0.39, 0.29) is 11.9 Å². The van der Waals surface area contributed by atoms with Gasteiger partial charge >= 0.3 is 5.97 Å². The number of hydrogen-bond donors (Lipinski definition) is 1. The first-order chi connectivity index (χ1) is 11.9. The molecule has 2 N–H and O–H groups in total. The standard InChI is InChI=1S/C20H32N2O3/c1-14(2)13-22(17-7-9-25-10-8-17)19-6-5-16(12-18(19)21)15(3)11-20(23)24-4/h5-6,12,14-15,17H,7-11,13,21H2,1-4H3. The molecule has 0 spiro atoms. The fourth-order valence-electron chi connectivity index (χ4n) is 3.43. The van der Waals surface area contributed by atoms with Crippen molar-refractivity contribution >= 4 is 17.3 Å². The summed E-state index contributed by atoms with van der Waals surface area (Å²) in [7, 11) is 1.42. The third-order valence-electron chi connectivity index (χ3n) is 4.82. The predicted molar refractivity (Wildman–Crippen MR) is 102 cm³/mol. The van der Waals surface area contributed by atoms with Crippen molar-refractivity contribution in [2.24, 2.45) is 5.92 Å². The van der Waals surface area contributed by atoms with Crippen molar-refractivity contribution in [1.82, 2.24) is 0 Å². The second-order valence-corrected chi connectivity index (χ2v) is 7.39. The van der Waals surface area contributed by atoms with Gasteiger partial charge in [-0.2, -0.15) is 0 Å². The van der Waals surface area contributed by atoms with Crippen LogP contribution < -0.4 is 10.6 Å². The first kappa shape index (κ1) is 19.6. The zero-order chi connectivity index (χ0) is 18.4. The second-order valence-electron chi connectivity index (χ2n) is 7.39. The number of carbonyl (C=O) groups excluding carboxylic acids is 1. The summed E-state index contributed by atoms with van der Waals surface area (Å²) in [6.45, 7) is 9.09. The van der Waals surface area contributed by atoms with E-state index in [2.05, 4.69) is 30.9 Å². The lowest BCUT2D eigenvalue weighted by Crippen LogP contribution is -2.42. The molecule has 1 saturated heterocycles. The van der Waals surface area contributed by atoms with Gasteiger partial charge in [0.25, 0.3) is 0 Å². The van der Waals surface area contributed by atoms with Crippen LogP contribution in [0.15, 0.2) is 18.2 Å². The van der Waals surface area contributed by atoms with Crippen LogP contribution in [-0.4, -0.2) is 38.9 Å². The molecule has 2 rings (SSSR count). The molecule has 1 atom stereocenters. The Morgan fingerprint density at radius 1 is 1.32 bits per heavy atom. The van der Waals surface area contributed by atoms with Crippen molar-refractivity contribution in [3.8, 4) is 0 Å². The number of esters is 1. The number of anilines is 2. The van der Waals surface area contributed by atoms with E-state index >= 15 is 0 Å². The van der Waals surface area contributed by atoms with Crippen LogP contribution in [0.1, 0.15) is 51.5 Å². The van der Waals surface area contributed by atoms with Gasteiger partial charge in [-0.05, 0) is 42.4 Å². The number of benzene rings is 1. The topological polar surface area (TPSA) is 64.8 Å². The van der Waals surface area contributed by atoms with E-state index in [4.69, 9.17) is 15.2 Å². The molecule has 1 heterocycles. The Hall–Kier alpha value is -1.75. The number of rotatable bonds is 7. The summed E-state index contributed by atoms with van der Waals surface area (Å²) in [5.41, 5.74) is 9.36. The van der Waals surface area contributed by atoms with Crippen molar-refractivity contribution in [3.63, 3.8) is 0 Å². The molecule has 5 heteroatoms. The molecule has 1 aliphatic rings. The molecule has 5 nitrogen and oxygen atoms in total. The fraction of sp³-hybridized carbons (Fsp3) is 0.650. The molecule has 1 unspecified atom stereocenters. The van der Waals surface area contributed by atoms with Crippen molar-refractivity contribution in [1.29, 1.82) is 0 Å². The van der Waals surface area contributed by atoms with E-state index in [9.17, 15) is 4.79 Å². The number of carbonyl (C=O) groups is 1. The summed E-state index contributed by atoms with van der Waals surface area (Å²) < 4.78 is 10.3. The molecule has 0 bridgehead atoms. The highest BCUT2D eigenvalue weighted by molar-refractivity contribution is 5.72. The number of methoxy groups -OCH3 is 1. The SMILES string of the molecule is COC(=O)CC(C)c1ccc(N(CC(C)C)C2CCOCC2)c(N)c1. The normalized spacial score (nSPS) is 16.7. The average Bonchev–Trinajstić information content (AvgIpc) is 2.60. The molecule has 0 radical (unpaired) electrons. The van der Waals surface area contributed by atoms with Gasteiger partial charge in [-0.1, -0.05) is 26.8 Å². The summed E-state index contributed by atoms with van der Waals surface area (Å²) in [5, 5.41) is 0. The number of nitrogens with zero attached hydrogens (tertiary/aromatic N) is 1. The number of nitrogens with two attached hydrogens (primary N) is 1. The maximum atomic E-state index is 11.5. The summed E-state index contributed by atoms with van der Waals surface area (Å²) in [6.07, 6.45) is 2.43. The van der Waals surface area contributed by atoms with Crippen LogP contribution in [0.2, 0.25) is 0 Å². The molecule has 0 saturated carbocycles. The maximum Gasteiger partial charge on any atom is 0.306 e. The van der Waals surface area contributed by atoms with Crippen molar-refractivity contribution in [2.75, 3.05) is 37.5 Å². The highest BCUT2D eigenvalue weighted by atomic mass is 16.5. The Morgan fingerprint density at radius 3 is 2.56 bits per heavy atom. The summed E-state index contributed by atoms with van der Waals surface area (Å²) >= 11 is 0. The van der Waals surface area contributed by atoms with Gasteiger partial charge in [0.15, 0.2) is 0 Å². The first-order valence-electron chi connectivity index (χ1n) is 9.23. The van der Waals surface area contributed by atoms with Crippen LogP contribution in [0.5, 0.6) is 0 Å². The third-order valence-corrected chi connectivity index (χ3v) is 4.82. The van der Waals surface area contributed by atoms with Gasteiger partial charge in [0.1, 0.15) is 0 Å². The van der Waals surface area contributed by atoms with Crippen molar-refractivity contribution < 1.29 is 14.3 Å². The molecule has 25 heavy (non-hydrogen) atoms. The summed E-state index contributed by atoms with van der Waals surface area (Å²) in [6, 6.07) is 6.68. The molecule has 0 aliphatic carbocycles. The van der Waals surface area contributed by atoms with Gasteiger partial charge in [-0.25, -0.2) is 0 Å². The van der Waals surface area contributed by atoms with Crippen LogP contribution in [0.4, 0.5) is 11.4 Å². The van der Waals surface area contributed by atoms with E-state index in [1.807, 2.05) is 13.0 Å². The predicted octanol–water partition coefficient (Wildman–Crippen LogP) is 3.58. The lowest BCUT2D eigenvalue weighted by atomic mass is 9.96. The lowest BCUT2D eigenvalue weighted by molar-refractivity contribution is -0.140. The Bertz CT molecular complexity index is 568. The van der Waals surface area contributed by atoms with Gasteiger partial charge in [-0.3, -0.25) is 4.79 Å². The molecule has 140 valence electrons. The quantitative estimate of drug-likeness (QED) is 0.603. The molecule has 0 aromatic heterocycles. The first-order valence-corrected chi connectivity index (χ1v) is 9.23. The molecule has 1 aromatic carbocycles. The molecular formula is C20H32N2O3. The van der Waals surface area contributed by atoms with Crippen LogP contribution in [-0.2, 0) is 14.3 Å². The summed E-state index contributed by atoms with van der Waals surface area (Å²) in [5.74, 6) is 0.449. The fourth-order valence-corrected chi connectivity index (χ4v) is 3.43. The summed E-state index contributed by atoms with van der Waals surface area (Å²) in [4.78, 5) is 14.0. The van der Waals surface area contributed by atoms with Gasteiger partial charge in [-0.15, -0.1) is 0 Å². The minimum absolute atomic E-state index is 0.0884. The van der Waals surface area contributed by atoms with E-state index in [1.165, 1.54) is 7.11 Å². The molecule has 1 aromatic rings. The number of hydrogen-bond acceptors (Lipinski definition) is 5. The Kier molecular flexibility index (Phi) is 7.12. The highest BCUT2D eigenvalue weighted by Crippen LogP contribution is 2.32. The van der Waals surface area contributed by atoms with E-state index in [0.717, 1.165) is 49.5 Å². The zero-order valence-corrected chi connectivity index (χ0v) is 16.0. The van der Waals surface area contributed by atoms with Crippen molar-refractivity contribution in [2.45, 2.75) is 52.0 Å². The Labute approximate surface area is 151 Å². The molecule has 0 amide bonds. The number of ether oxygens (including phenoxy) is 2. The Morgan fingerprint density at radius 2 is 2.00 bits per heavy atom. The van der Waals surface area contributed by atoms with Crippen LogP contribution in [0.3, 0.4) is 0 Å². The average molecular weight is 348 g/mol. The van der Waals surface area contributed by atoms with Crippen molar-refractivity contribution in [3.05, 3.63) is 23.8 Å². The molecular weight excluding hydrogens is 316 g/mol. The van der Waals surface area contributed by atoms with Crippen LogP contribution in [0.25, 0.3) is 0 Å². The van der Waals surface area contributed by atoms with E-state index in [1.54, 1.807) is 0 Å². The third kappa shape index (κ3) is 5.36. The smallest absolute Gasteiger partial charge is 0.306 e. The zero-order valence-electron chi connectivity index (χ0n) is 16.0. The van der Waals surface area contributed by atoms with Gasteiger partial charge in [0.2, 0.25) is 0 Å². The minimum Gasteiger partial charge on any atom is -0.469 e. The van der Waals surface area contributed by atoms with Gasteiger partial charge < -0.3 is 20.1 Å².